The van der Waals surface area contributed by atoms with Gasteiger partial charge in [-0.2, -0.15) is 0 Å². The first kappa shape index (κ1) is 16.6. The Kier molecular flexibility index (Phi) is 10.0. The largest absolute Gasteiger partial charge is 0.354 e. The highest BCUT2D eigenvalue weighted by molar-refractivity contribution is 8.76. The van der Waals surface area contributed by atoms with E-state index in [0.29, 0.717) is 12.1 Å². The first-order valence-electron chi connectivity index (χ1n) is 6.32. The molecule has 6 N–H and O–H groups in total. The second-order valence-corrected chi connectivity index (χ2v) is 8.11. The topological polar surface area (TPSA) is 55.3 Å². The fourth-order valence-electron chi connectivity index (χ4n) is 1.76. The van der Waals surface area contributed by atoms with E-state index in [1.54, 1.807) is 0 Å². The van der Waals surface area contributed by atoms with Crippen molar-refractivity contribution in [1.29, 1.82) is 0 Å². The van der Waals surface area contributed by atoms with E-state index in [-0.39, 0.29) is 0 Å². The summed E-state index contributed by atoms with van der Waals surface area (Å²) in [6.07, 6.45) is 2.49. The summed E-state index contributed by atoms with van der Waals surface area (Å²) in [7, 11) is 3.95. The third-order valence-electron chi connectivity index (χ3n) is 2.30. The van der Waals surface area contributed by atoms with Crippen LogP contribution < -0.4 is 11.5 Å². The maximum Gasteiger partial charge on any atom is 0.0946 e. The quantitative estimate of drug-likeness (QED) is 0.493. The molecular formula is C12H30N2S2+2. The van der Waals surface area contributed by atoms with E-state index >= 15 is 0 Å². The Morgan fingerprint density at radius 2 is 1.06 bits per heavy atom. The maximum atomic E-state index is 4.19. The van der Waals surface area contributed by atoms with Gasteiger partial charge in [0, 0.05) is 12.8 Å². The van der Waals surface area contributed by atoms with E-state index in [1.807, 2.05) is 21.6 Å². The molecule has 0 saturated heterocycles. The summed E-state index contributed by atoms with van der Waals surface area (Å²) in [5, 5.41) is 0. The van der Waals surface area contributed by atoms with Crippen molar-refractivity contribution in [2.75, 3.05) is 11.5 Å². The van der Waals surface area contributed by atoms with Crippen molar-refractivity contribution in [3.8, 4) is 0 Å². The lowest BCUT2D eigenvalue weighted by Crippen LogP contribution is -2.63. The molecule has 0 heterocycles. The van der Waals surface area contributed by atoms with Gasteiger partial charge in [-0.25, -0.2) is 0 Å². The fraction of sp³-hybridized carbons (Fsp3) is 1.00. The first-order chi connectivity index (χ1) is 7.41. The van der Waals surface area contributed by atoms with Crippen LogP contribution in [0.25, 0.3) is 0 Å². The zero-order valence-electron chi connectivity index (χ0n) is 11.4. The van der Waals surface area contributed by atoms with Crippen LogP contribution >= 0.6 is 21.6 Å². The summed E-state index contributed by atoms with van der Waals surface area (Å²) in [6.45, 7) is 9.07. The van der Waals surface area contributed by atoms with Crippen molar-refractivity contribution in [2.24, 2.45) is 11.8 Å². The van der Waals surface area contributed by atoms with Gasteiger partial charge in [0.05, 0.1) is 23.6 Å². The van der Waals surface area contributed by atoms with Crippen LogP contribution in [0.4, 0.5) is 0 Å². The average Bonchev–Trinajstić information content (AvgIpc) is 2.10. The van der Waals surface area contributed by atoms with Crippen molar-refractivity contribution in [2.45, 2.75) is 52.6 Å². The Hall–Kier alpha value is 0.620. The summed E-state index contributed by atoms with van der Waals surface area (Å²) >= 11 is 0. The smallest absolute Gasteiger partial charge is 0.0946 e. The molecule has 0 rings (SSSR count). The first-order valence-corrected chi connectivity index (χ1v) is 8.81. The number of hydrogen-bond acceptors (Lipinski definition) is 2. The Bertz CT molecular complexity index is 145. The molecule has 0 radical (unpaired) electrons. The monoisotopic (exact) mass is 266 g/mol. The van der Waals surface area contributed by atoms with Gasteiger partial charge >= 0.3 is 0 Å². The zero-order valence-corrected chi connectivity index (χ0v) is 13.0. The molecule has 0 aliphatic rings. The zero-order chi connectivity index (χ0) is 12.6. The van der Waals surface area contributed by atoms with Gasteiger partial charge in [-0.15, -0.1) is 0 Å². The molecule has 0 aliphatic carbocycles. The molecule has 0 aromatic carbocycles. The second kappa shape index (κ2) is 9.63. The molecule has 98 valence electrons. The summed E-state index contributed by atoms with van der Waals surface area (Å²) in [5.74, 6) is 3.90. The minimum absolute atomic E-state index is 0.603. The average molecular weight is 267 g/mol. The standard InChI is InChI=1S/C12H28N2S2/c1-9(2)5-11(13)7-15-16-8-12(14)6-10(3)4/h9-12H,5-8,13-14H2,1-4H3/p+2/t11-,12-/m0/s1. The molecule has 0 aromatic heterocycles. The van der Waals surface area contributed by atoms with Gasteiger partial charge in [0.1, 0.15) is 0 Å². The predicted molar refractivity (Wildman–Crippen MR) is 77.2 cm³/mol. The highest BCUT2D eigenvalue weighted by atomic mass is 33.1. The second-order valence-electron chi connectivity index (χ2n) is 5.56. The maximum absolute atomic E-state index is 4.19. The normalized spacial score (nSPS) is 15.8. The lowest BCUT2D eigenvalue weighted by atomic mass is 10.1. The van der Waals surface area contributed by atoms with Crippen LogP contribution in [-0.4, -0.2) is 23.6 Å². The van der Waals surface area contributed by atoms with E-state index < -0.39 is 0 Å². The molecule has 2 nitrogen and oxygen atoms in total. The molecule has 0 amide bonds. The summed E-state index contributed by atoms with van der Waals surface area (Å²) < 4.78 is 0. The van der Waals surface area contributed by atoms with Gasteiger partial charge in [-0.3, -0.25) is 0 Å². The minimum Gasteiger partial charge on any atom is -0.354 e. The Morgan fingerprint density at radius 3 is 1.31 bits per heavy atom. The highest BCUT2D eigenvalue weighted by Crippen LogP contribution is 2.23. The third kappa shape index (κ3) is 11.1. The molecule has 0 spiro atoms. The lowest BCUT2D eigenvalue weighted by molar-refractivity contribution is -0.415. The Balaban J connectivity index is 3.38. The van der Waals surface area contributed by atoms with Crippen LogP contribution in [0.15, 0.2) is 0 Å². The fourth-order valence-corrected chi connectivity index (χ4v) is 4.34. The molecule has 0 aliphatic heterocycles. The molecule has 2 atom stereocenters. The van der Waals surface area contributed by atoms with Gasteiger partial charge in [0.15, 0.2) is 0 Å². The van der Waals surface area contributed by atoms with Gasteiger partial charge in [-0.1, -0.05) is 49.3 Å². The van der Waals surface area contributed by atoms with Crippen molar-refractivity contribution < 1.29 is 11.5 Å². The van der Waals surface area contributed by atoms with Crippen LogP contribution in [0.2, 0.25) is 0 Å². The van der Waals surface area contributed by atoms with Crippen LogP contribution in [-0.2, 0) is 0 Å². The van der Waals surface area contributed by atoms with Gasteiger partial charge in [-0.05, 0) is 11.8 Å². The van der Waals surface area contributed by atoms with Crippen LogP contribution in [0.5, 0.6) is 0 Å². The molecule has 16 heavy (non-hydrogen) atoms. The van der Waals surface area contributed by atoms with E-state index in [1.165, 1.54) is 24.3 Å². The van der Waals surface area contributed by atoms with Crippen LogP contribution in [0, 0.1) is 11.8 Å². The minimum atomic E-state index is 0.603. The molecule has 0 saturated carbocycles. The Morgan fingerprint density at radius 1 is 0.750 bits per heavy atom. The summed E-state index contributed by atoms with van der Waals surface area (Å²) in [5.41, 5.74) is 8.39. The van der Waals surface area contributed by atoms with E-state index in [9.17, 15) is 0 Å². The van der Waals surface area contributed by atoms with Gasteiger partial charge < -0.3 is 11.5 Å². The predicted octanol–water partition coefficient (Wildman–Crippen LogP) is 1.68. The number of rotatable bonds is 9. The number of hydrogen-bond donors (Lipinski definition) is 2. The van der Waals surface area contributed by atoms with Crippen molar-refractivity contribution in [3.05, 3.63) is 0 Å². The van der Waals surface area contributed by atoms with E-state index in [0.717, 1.165) is 11.8 Å². The van der Waals surface area contributed by atoms with Crippen molar-refractivity contribution in [3.63, 3.8) is 0 Å². The lowest BCUT2D eigenvalue weighted by Gasteiger charge is -2.12. The summed E-state index contributed by atoms with van der Waals surface area (Å²) in [6, 6.07) is 1.21. The molecular weight excluding hydrogens is 236 g/mol. The highest BCUT2D eigenvalue weighted by Gasteiger charge is 2.12. The number of quaternary nitrogens is 2. The van der Waals surface area contributed by atoms with Crippen LogP contribution in [0.3, 0.4) is 0 Å². The van der Waals surface area contributed by atoms with E-state index in [4.69, 9.17) is 0 Å². The SMILES string of the molecule is CC(C)C[C@H]([NH3+])CSSC[C@@H]([NH3+])CC(C)C. The van der Waals surface area contributed by atoms with E-state index in [2.05, 4.69) is 39.2 Å². The van der Waals surface area contributed by atoms with Gasteiger partial charge in [0.25, 0.3) is 0 Å². The molecule has 0 bridgehead atoms. The van der Waals surface area contributed by atoms with Crippen LogP contribution in [0.1, 0.15) is 40.5 Å². The molecule has 0 fully saturated rings. The summed E-state index contributed by atoms with van der Waals surface area (Å²) in [4.78, 5) is 0. The molecule has 0 unspecified atom stereocenters. The van der Waals surface area contributed by atoms with Crippen molar-refractivity contribution >= 4 is 21.6 Å². The third-order valence-corrected chi connectivity index (χ3v) is 5.00. The van der Waals surface area contributed by atoms with Gasteiger partial charge in [0.2, 0.25) is 0 Å². The Labute approximate surface area is 109 Å². The molecule has 0 aromatic rings. The molecule has 4 heteroatoms. The van der Waals surface area contributed by atoms with Crippen molar-refractivity contribution in [1.82, 2.24) is 0 Å².